The van der Waals surface area contributed by atoms with Crippen molar-refractivity contribution in [3.8, 4) is 0 Å². The van der Waals surface area contributed by atoms with Gasteiger partial charge in [0, 0.05) is 17.6 Å². The Hall–Kier alpha value is -1.87. The highest BCUT2D eigenvalue weighted by atomic mass is 35.5. The molecule has 3 nitrogen and oxygen atoms in total. The number of rotatable bonds is 2. The molecule has 0 bridgehead atoms. The lowest BCUT2D eigenvalue weighted by molar-refractivity contribution is 0.934. The monoisotopic (exact) mass is 257 g/mol. The zero-order valence-electron chi connectivity index (χ0n) is 9.97. The molecule has 0 spiro atoms. The average Bonchev–Trinajstić information content (AvgIpc) is 2.77. The van der Waals surface area contributed by atoms with Crippen LogP contribution in [0.25, 0.3) is 5.65 Å². The fourth-order valence-corrected chi connectivity index (χ4v) is 2.23. The van der Waals surface area contributed by atoms with Gasteiger partial charge in [-0.05, 0) is 30.2 Å². The van der Waals surface area contributed by atoms with Gasteiger partial charge in [0.15, 0.2) is 5.65 Å². The van der Waals surface area contributed by atoms with Gasteiger partial charge in [-0.25, -0.2) is 0 Å². The maximum absolute atomic E-state index is 6.17. The van der Waals surface area contributed by atoms with Crippen LogP contribution in [0.1, 0.15) is 17.0 Å². The van der Waals surface area contributed by atoms with Crippen molar-refractivity contribution in [3.63, 3.8) is 0 Å². The summed E-state index contributed by atoms with van der Waals surface area (Å²) < 4.78 is 2.01. The number of fused-ring (bicyclic) bond motifs is 1. The molecule has 0 aliphatic rings. The fraction of sp³-hybridized carbons (Fsp3) is 0.143. The zero-order valence-corrected chi connectivity index (χ0v) is 10.7. The Kier molecular flexibility index (Phi) is 2.76. The normalized spacial score (nSPS) is 11.0. The molecule has 90 valence electrons. The summed E-state index contributed by atoms with van der Waals surface area (Å²) in [6, 6.07) is 11.9. The van der Waals surface area contributed by atoms with E-state index in [1.807, 2.05) is 53.9 Å². The molecule has 4 heteroatoms. The van der Waals surface area contributed by atoms with Crippen LogP contribution >= 0.6 is 11.6 Å². The number of pyridine rings is 1. The number of aromatic nitrogens is 3. The quantitative estimate of drug-likeness (QED) is 0.705. The number of nitrogens with zero attached hydrogens (tertiary/aromatic N) is 3. The molecule has 3 aromatic rings. The van der Waals surface area contributed by atoms with Crippen molar-refractivity contribution in [2.24, 2.45) is 0 Å². The van der Waals surface area contributed by atoms with Gasteiger partial charge < -0.3 is 0 Å². The second-order valence-corrected chi connectivity index (χ2v) is 4.68. The lowest BCUT2D eigenvalue weighted by Crippen LogP contribution is -1.97. The minimum atomic E-state index is 0.685. The fourth-order valence-electron chi connectivity index (χ4n) is 2.03. The van der Waals surface area contributed by atoms with Gasteiger partial charge >= 0.3 is 0 Å². The third-order valence-corrected chi connectivity index (χ3v) is 3.38. The molecule has 18 heavy (non-hydrogen) atoms. The van der Waals surface area contributed by atoms with E-state index in [9.17, 15) is 0 Å². The van der Waals surface area contributed by atoms with Crippen molar-refractivity contribution in [1.29, 1.82) is 0 Å². The van der Waals surface area contributed by atoms with Crippen LogP contribution in [0.5, 0.6) is 0 Å². The Morgan fingerprint density at radius 2 is 1.94 bits per heavy atom. The molecular weight excluding hydrogens is 246 g/mol. The molecule has 1 aromatic carbocycles. The maximum Gasteiger partial charge on any atom is 0.163 e. The van der Waals surface area contributed by atoms with Gasteiger partial charge in [0.25, 0.3) is 0 Å². The highest BCUT2D eigenvalue weighted by Gasteiger charge is 2.09. The van der Waals surface area contributed by atoms with E-state index in [1.54, 1.807) is 0 Å². The van der Waals surface area contributed by atoms with Crippen molar-refractivity contribution in [3.05, 3.63) is 64.6 Å². The Morgan fingerprint density at radius 1 is 1.11 bits per heavy atom. The molecule has 0 saturated carbocycles. The van der Waals surface area contributed by atoms with E-state index in [-0.39, 0.29) is 0 Å². The summed E-state index contributed by atoms with van der Waals surface area (Å²) in [6.45, 7) is 2.03. The third-order valence-electron chi connectivity index (χ3n) is 3.01. The Bertz CT molecular complexity index is 703. The van der Waals surface area contributed by atoms with E-state index in [0.717, 1.165) is 27.6 Å². The lowest BCUT2D eigenvalue weighted by atomic mass is 10.1. The first kappa shape index (κ1) is 11.2. The summed E-state index contributed by atoms with van der Waals surface area (Å²) >= 11 is 6.17. The largest absolute Gasteiger partial charge is 0.286 e. The molecule has 0 radical (unpaired) electrons. The van der Waals surface area contributed by atoms with Crippen LogP contribution in [-0.2, 0) is 6.42 Å². The summed E-state index contributed by atoms with van der Waals surface area (Å²) in [5.74, 6) is 0.904. The lowest BCUT2D eigenvalue weighted by Gasteiger charge is -2.03. The van der Waals surface area contributed by atoms with Crippen LogP contribution in [0.4, 0.5) is 0 Å². The summed E-state index contributed by atoms with van der Waals surface area (Å²) in [4.78, 5) is 0. The van der Waals surface area contributed by atoms with Crippen LogP contribution in [-0.4, -0.2) is 14.6 Å². The van der Waals surface area contributed by atoms with Gasteiger partial charge in [-0.15, -0.1) is 10.2 Å². The smallest absolute Gasteiger partial charge is 0.163 e. The SMILES string of the molecule is Cc1cccn2c(Cc3ccccc3Cl)nnc12. The molecule has 0 aliphatic carbocycles. The summed E-state index contributed by atoms with van der Waals surface area (Å²) in [7, 11) is 0. The van der Waals surface area contributed by atoms with Crippen molar-refractivity contribution in [2.75, 3.05) is 0 Å². The topological polar surface area (TPSA) is 30.2 Å². The predicted molar refractivity (Wildman–Crippen MR) is 72.0 cm³/mol. The maximum atomic E-state index is 6.17. The first-order valence-corrected chi connectivity index (χ1v) is 6.16. The average molecular weight is 258 g/mol. The molecule has 2 aromatic heterocycles. The van der Waals surface area contributed by atoms with Gasteiger partial charge in [-0.3, -0.25) is 4.40 Å². The molecule has 2 heterocycles. The predicted octanol–water partition coefficient (Wildman–Crippen LogP) is 3.28. The zero-order chi connectivity index (χ0) is 12.5. The molecule has 0 unspecified atom stereocenters. The van der Waals surface area contributed by atoms with Gasteiger partial charge in [0.2, 0.25) is 0 Å². The van der Waals surface area contributed by atoms with Crippen LogP contribution in [0.3, 0.4) is 0 Å². The highest BCUT2D eigenvalue weighted by molar-refractivity contribution is 6.31. The van der Waals surface area contributed by atoms with Crippen LogP contribution in [0.2, 0.25) is 5.02 Å². The number of benzene rings is 1. The van der Waals surface area contributed by atoms with Gasteiger partial charge in [-0.2, -0.15) is 0 Å². The molecular formula is C14H12ClN3. The van der Waals surface area contributed by atoms with Crippen molar-refractivity contribution in [2.45, 2.75) is 13.3 Å². The molecule has 3 rings (SSSR count). The Morgan fingerprint density at radius 3 is 2.78 bits per heavy atom. The van der Waals surface area contributed by atoms with E-state index < -0.39 is 0 Å². The summed E-state index contributed by atoms with van der Waals surface area (Å²) in [5, 5.41) is 9.23. The van der Waals surface area contributed by atoms with Crippen molar-refractivity contribution < 1.29 is 0 Å². The number of hydrogen-bond donors (Lipinski definition) is 0. The van der Waals surface area contributed by atoms with Gasteiger partial charge in [0.1, 0.15) is 5.82 Å². The van der Waals surface area contributed by atoms with Crippen molar-refractivity contribution >= 4 is 17.2 Å². The Labute approximate surface area is 110 Å². The third kappa shape index (κ3) is 1.87. The van der Waals surface area contributed by atoms with Gasteiger partial charge in [-0.1, -0.05) is 35.9 Å². The van der Waals surface area contributed by atoms with E-state index in [4.69, 9.17) is 11.6 Å². The van der Waals surface area contributed by atoms with Crippen LogP contribution < -0.4 is 0 Å². The summed E-state index contributed by atoms with van der Waals surface area (Å²) in [5.41, 5.74) is 3.09. The van der Waals surface area contributed by atoms with Crippen molar-refractivity contribution in [1.82, 2.24) is 14.6 Å². The standard InChI is InChI=1S/C14H12ClN3/c1-10-5-4-8-18-13(16-17-14(10)18)9-11-6-2-3-7-12(11)15/h2-8H,9H2,1H3. The summed E-state index contributed by atoms with van der Waals surface area (Å²) in [6.07, 6.45) is 2.67. The molecule has 0 atom stereocenters. The second kappa shape index (κ2) is 4.42. The first-order chi connectivity index (χ1) is 8.75. The van der Waals surface area contributed by atoms with Crippen LogP contribution in [0, 0.1) is 6.92 Å². The second-order valence-electron chi connectivity index (χ2n) is 4.27. The highest BCUT2D eigenvalue weighted by Crippen LogP contribution is 2.19. The molecule has 0 aliphatic heterocycles. The molecule has 0 amide bonds. The molecule has 0 fully saturated rings. The van der Waals surface area contributed by atoms with E-state index in [1.165, 1.54) is 0 Å². The minimum Gasteiger partial charge on any atom is -0.286 e. The first-order valence-electron chi connectivity index (χ1n) is 5.78. The number of halogens is 1. The number of aryl methyl sites for hydroxylation is 1. The Balaban J connectivity index is 2.06. The number of hydrogen-bond acceptors (Lipinski definition) is 2. The minimum absolute atomic E-state index is 0.685. The van der Waals surface area contributed by atoms with E-state index in [0.29, 0.717) is 6.42 Å². The van der Waals surface area contributed by atoms with Crippen LogP contribution in [0.15, 0.2) is 42.6 Å². The van der Waals surface area contributed by atoms with E-state index >= 15 is 0 Å². The van der Waals surface area contributed by atoms with Gasteiger partial charge in [0.05, 0.1) is 0 Å². The molecule has 0 saturated heterocycles. The molecule has 0 N–H and O–H groups in total. The van der Waals surface area contributed by atoms with E-state index in [2.05, 4.69) is 10.2 Å².